The quantitative estimate of drug-likeness (QED) is 0.760. The first kappa shape index (κ1) is 12.2. The summed E-state index contributed by atoms with van der Waals surface area (Å²) in [5, 5.41) is 12.8. The Bertz CT molecular complexity index is 386. The maximum Gasteiger partial charge on any atom is 0.358 e. The molecule has 0 amide bonds. The molecule has 6 heteroatoms. The monoisotopic (exact) mass is 226 g/mol. The summed E-state index contributed by atoms with van der Waals surface area (Å²) in [6.07, 6.45) is 1.87. The zero-order valence-electron chi connectivity index (χ0n) is 9.21. The Morgan fingerprint density at radius 3 is 2.75 bits per heavy atom. The molecule has 1 aromatic rings. The molecule has 0 aliphatic rings. The third-order valence-corrected chi connectivity index (χ3v) is 2.08. The van der Waals surface area contributed by atoms with Crippen molar-refractivity contribution in [2.24, 2.45) is 0 Å². The van der Waals surface area contributed by atoms with E-state index in [1.54, 1.807) is 13.8 Å². The number of carboxylic acid groups (broad SMARTS) is 1. The molecule has 0 radical (unpaired) electrons. The summed E-state index contributed by atoms with van der Waals surface area (Å²) >= 11 is 0. The van der Waals surface area contributed by atoms with E-state index in [0.717, 1.165) is 0 Å². The lowest BCUT2D eigenvalue weighted by molar-refractivity contribution is -0.141. The molecule has 6 nitrogen and oxygen atoms in total. The van der Waals surface area contributed by atoms with Crippen molar-refractivity contribution in [2.75, 3.05) is 6.61 Å². The number of esters is 1. The summed E-state index contributed by atoms with van der Waals surface area (Å²) < 4.78 is 6.01. The number of ether oxygens (including phenoxy) is 1. The van der Waals surface area contributed by atoms with Crippen LogP contribution in [0.1, 0.15) is 36.8 Å². The summed E-state index contributed by atoms with van der Waals surface area (Å²) in [6.45, 7) is 3.70. The predicted octanol–water partition coefficient (Wildman–Crippen LogP) is 1.10. The van der Waals surface area contributed by atoms with E-state index in [1.165, 1.54) is 16.9 Å². The van der Waals surface area contributed by atoms with E-state index in [2.05, 4.69) is 5.10 Å². The maximum absolute atomic E-state index is 11.3. The highest BCUT2D eigenvalue weighted by molar-refractivity contribution is 5.87. The van der Waals surface area contributed by atoms with Crippen LogP contribution in [0.3, 0.4) is 0 Å². The van der Waals surface area contributed by atoms with E-state index >= 15 is 0 Å². The molecule has 1 heterocycles. The van der Waals surface area contributed by atoms with Crippen molar-refractivity contribution < 1.29 is 19.4 Å². The van der Waals surface area contributed by atoms with E-state index in [1.807, 2.05) is 0 Å². The summed E-state index contributed by atoms with van der Waals surface area (Å²) in [5.41, 5.74) is 0.126. The molecule has 0 unspecified atom stereocenters. The molecule has 0 aliphatic carbocycles. The fourth-order valence-electron chi connectivity index (χ4n) is 1.30. The Labute approximate surface area is 92.8 Å². The van der Waals surface area contributed by atoms with Crippen molar-refractivity contribution in [2.45, 2.75) is 26.3 Å². The van der Waals surface area contributed by atoms with Crippen LogP contribution in [0, 0.1) is 0 Å². The lowest BCUT2D eigenvalue weighted by Gasteiger charge is -2.09. The largest absolute Gasteiger partial charge is 0.480 e. The normalized spacial score (nSPS) is 12.1. The molecule has 1 aromatic heterocycles. The third-order valence-electron chi connectivity index (χ3n) is 2.08. The van der Waals surface area contributed by atoms with Gasteiger partial charge in [-0.1, -0.05) is 6.92 Å². The molecule has 0 saturated heterocycles. The van der Waals surface area contributed by atoms with Crippen molar-refractivity contribution in [1.29, 1.82) is 0 Å². The lowest BCUT2D eigenvalue weighted by atomic mass is 10.2. The highest BCUT2D eigenvalue weighted by Crippen LogP contribution is 2.11. The van der Waals surface area contributed by atoms with Crippen molar-refractivity contribution >= 4 is 11.9 Å². The molecule has 0 saturated carbocycles. The Kier molecular flexibility index (Phi) is 4.04. The van der Waals surface area contributed by atoms with Crippen LogP contribution >= 0.6 is 0 Å². The van der Waals surface area contributed by atoms with Crippen LogP contribution in [-0.2, 0) is 9.53 Å². The second kappa shape index (κ2) is 5.29. The number of aromatic nitrogens is 2. The summed E-state index contributed by atoms with van der Waals surface area (Å²) in [4.78, 5) is 22.2. The van der Waals surface area contributed by atoms with Gasteiger partial charge in [0.25, 0.3) is 0 Å². The minimum atomic E-state index is -0.971. The number of rotatable bonds is 5. The van der Waals surface area contributed by atoms with Gasteiger partial charge in [0.05, 0.1) is 6.61 Å². The van der Waals surface area contributed by atoms with Gasteiger partial charge in [0, 0.05) is 6.20 Å². The molecule has 1 N–H and O–H groups in total. The lowest BCUT2D eigenvalue weighted by Crippen LogP contribution is -2.19. The SMILES string of the molecule is CCOC(=O)c1ccn([C@H](CC)C(=O)O)n1. The highest BCUT2D eigenvalue weighted by Gasteiger charge is 2.20. The van der Waals surface area contributed by atoms with Crippen LogP contribution < -0.4 is 0 Å². The van der Waals surface area contributed by atoms with E-state index < -0.39 is 18.0 Å². The van der Waals surface area contributed by atoms with Gasteiger partial charge >= 0.3 is 11.9 Å². The highest BCUT2D eigenvalue weighted by atomic mass is 16.5. The van der Waals surface area contributed by atoms with Gasteiger partial charge in [-0.25, -0.2) is 9.59 Å². The van der Waals surface area contributed by atoms with Gasteiger partial charge < -0.3 is 9.84 Å². The minimum absolute atomic E-state index is 0.126. The molecular weight excluding hydrogens is 212 g/mol. The average molecular weight is 226 g/mol. The smallest absolute Gasteiger partial charge is 0.358 e. The van der Waals surface area contributed by atoms with E-state index in [4.69, 9.17) is 9.84 Å². The molecule has 0 bridgehead atoms. The molecule has 0 spiro atoms. The first-order valence-corrected chi connectivity index (χ1v) is 5.05. The van der Waals surface area contributed by atoms with Crippen LogP contribution in [0.15, 0.2) is 12.3 Å². The minimum Gasteiger partial charge on any atom is -0.480 e. The number of carbonyl (C=O) groups is 2. The second-order valence-electron chi connectivity index (χ2n) is 3.16. The Morgan fingerprint density at radius 1 is 1.56 bits per heavy atom. The first-order valence-electron chi connectivity index (χ1n) is 5.05. The van der Waals surface area contributed by atoms with Gasteiger partial charge in [-0.2, -0.15) is 5.10 Å². The van der Waals surface area contributed by atoms with E-state index in [0.29, 0.717) is 6.42 Å². The standard InChI is InChI=1S/C10H14N2O4/c1-3-8(9(13)14)12-6-5-7(11-12)10(15)16-4-2/h5-6,8H,3-4H2,1-2H3,(H,13,14)/t8-/m1/s1. The van der Waals surface area contributed by atoms with Crippen LogP contribution in [0.4, 0.5) is 0 Å². The number of carboxylic acids is 1. The average Bonchev–Trinajstić information content (AvgIpc) is 2.68. The molecule has 1 rings (SSSR count). The van der Waals surface area contributed by atoms with Gasteiger partial charge in [0.1, 0.15) is 6.04 Å². The second-order valence-corrected chi connectivity index (χ2v) is 3.16. The van der Waals surface area contributed by atoms with Crippen LogP contribution in [0.25, 0.3) is 0 Å². The van der Waals surface area contributed by atoms with Crippen LogP contribution in [-0.4, -0.2) is 33.4 Å². The predicted molar refractivity (Wildman–Crippen MR) is 55.1 cm³/mol. The zero-order chi connectivity index (χ0) is 12.1. The summed E-state index contributed by atoms with van der Waals surface area (Å²) in [6, 6.07) is 0.701. The fourth-order valence-corrected chi connectivity index (χ4v) is 1.30. The first-order chi connectivity index (χ1) is 7.60. The van der Waals surface area contributed by atoms with Gasteiger partial charge in [0.15, 0.2) is 5.69 Å². The van der Waals surface area contributed by atoms with Crippen molar-refractivity contribution in [1.82, 2.24) is 9.78 Å². The molecule has 0 aromatic carbocycles. The van der Waals surface area contributed by atoms with Crippen molar-refractivity contribution in [3.05, 3.63) is 18.0 Å². The third kappa shape index (κ3) is 2.59. The molecule has 1 atom stereocenters. The number of hydrogen-bond acceptors (Lipinski definition) is 4. The maximum atomic E-state index is 11.3. The molecule has 0 aliphatic heterocycles. The number of nitrogens with zero attached hydrogens (tertiary/aromatic N) is 2. The van der Waals surface area contributed by atoms with Crippen molar-refractivity contribution in [3.8, 4) is 0 Å². The number of aliphatic carboxylic acids is 1. The summed E-state index contributed by atoms with van der Waals surface area (Å²) in [5.74, 6) is -1.51. The Hall–Kier alpha value is -1.85. The van der Waals surface area contributed by atoms with Crippen molar-refractivity contribution in [3.63, 3.8) is 0 Å². The zero-order valence-corrected chi connectivity index (χ0v) is 9.21. The van der Waals surface area contributed by atoms with Gasteiger partial charge in [-0.3, -0.25) is 4.68 Å². The van der Waals surface area contributed by atoms with E-state index in [-0.39, 0.29) is 12.3 Å². The van der Waals surface area contributed by atoms with Crippen LogP contribution in [0.5, 0.6) is 0 Å². The summed E-state index contributed by atoms with van der Waals surface area (Å²) in [7, 11) is 0. The Morgan fingerprint density at radius 2 is 2.25 bits per heavy atom. The van der Waals surface area contributed by atoms with Gasteiger partial charge in [-0.15, -0.1) is 0 Å². The van der Waals surface area contributed by atoms with E-state index in [9.17, 15) is 9.59 Å². The number of hydrogen-bond donors (Lipinski definition) is 1. The fraction of sp³-hybridized carbons (Fsp3) is 0.500. The van der Waals surface area contributed by atoms with Crippen LogP contribution in [0.2, 0.25) is 0 Å². The number of carbonyl (C=O) groups excluding carboxylic acids is 1. The van der Waals surface area contributed by atoms with Gasteiger partial charge in [0.2, 0.25) is 0 Å². The topological polar surface area (TPSA) is 81.4 Å². The molecule has 0 fully saturated rings. The van der Waals surface area contributed by atoms with Gasteiger partial charge in [-0.05, 0) is 19.4 Å². The molecule has 88 valence electrons. The Balaban J connectivity index is 2.85. The molecule has 16 heavy (non-hydrogen) atoms. The molecular formula is C10H14N2O4.